The van der Waals surface area contributed by atoms with Gasteiger partial charge in [0.05, 0.1) is 0 Å². The molecule has 3 nitrogen and oxygen atoms in total. The summed E-state index contributed by atoms with van der Waals surface area (Å²) in [5.74, 6) is 0. The average molecular weight is 891 g/mol. The molecule has 0 fully saturated rings. The number of rotatable bonds is 30. The van der Waals surface area contributed by atoms with Gasteiger partial charge in [0.2, 0.25) is 0 Å². The van der Waals surface area contributed by atoms with Gasteiger partial charge >= 0.3 is 318 Å². The third-order valence-electron chi connectivity index (χ3n) is 11.2. The first-order chi connectivity index (χ1) is 23.9. The number of hydrogen-bond acceptors (Lipinski definition) is 3. The molecule has 0 radical (unpaired) electrons. The molecule has 0 saturated heterocycles. The number of nitrogens with zero attached hydrogens (tertiary/aromatic N) is 2. The summed E-state index contributed by atoms with van der Waals surface area (Å²) in [7, 11) is 0. The SMILES string of the molecule is CCC[CH2][Sn]([CH2]CCC)([CH2]CCCc1cccc(N(CC)CC)c1)[O][Sn]([CH2]CCC)([CH2]CCC)[CH2]CCCc1cccc(N(CC)CC)c1. The molecule has 2 rings (SSSR count). The normalized spacial score (nSPS) is 12.1. The van der Waals surface area contributed by atoms with Crippen molar-refractivity contribution in [3.8, 4) is 0 Å². The Hall–Kier alpha value is -0.403. The Morgan fingerprint density at radius 3 is 1.06 bits per heavy atom. The van der Waals surface area contributed by atoms with Crippen LogP contribution in [0.25, 0.3) is 0 Å². The standard InChI is InChI=1S/2C14H22N.4C4H9.O.2Sn/c2*1-4-7-9-13-10-8-11-14(12-13)15(5-2)6-3;4*1-3-4-2;;;/h2*8,10-12H,1,4-7,9H2,2-3H3;4*1,3-4H2,2H3;;;. The van der Waals surface area contributed by atoms with E-state index in [0.717, 1.165) is 26.2 Å². The van der Waals surface area contributed by atoms with Crippen LogP contribution < -0.4 is 9.80 Å². The summed E-state index contributed by atoms with van der Waals surface area (Å²) in [5.41, 5.74) is 5.84. The van der Waals surface area contributed by atoms with E-state index < -0.39 is 37.6 Å². The summed E-state index contributed by atoms with van der Waals surface area (Å²) in [6.45, 7) is 23.1. The Morgan fingerprint density at radius 1 is 0.429 bits per heavy atom. The van der Waals surface area contributed by atoms with Crippen LogP contribution in [0.5, 0.6) is 0 Å². The van der Waals surface area contributed by atoms with Crippen LogP contribution in [0.1, 0.15) is 144 Å². The molecule has 0 aliphatic rings. The molecule has 0 saturated carbocycles. The summed E-state index contributed by atoms with van der Waals surface area (Å²) < 4.78 is 17.2. The minimum absolute atomic E-state index is 1.08. The summed E-state index contributed by atoms with van der Waals surface area (Å²) in [6.07, 6.45) is 18.7. The van der Waals surface area contributed by atoms with Crippen LogP contribution >= 0.6 is 0 Å². The van der Waals surface area contributed by atoms with Crippen molar-refractivity contribution < 1.29 is 1.41 Å². The van der Waals surface area contributed by atoms with Gasteiger partial charge in [-0.3, -0.25) is 0 Å². The van der Waals surface area contributed by atoms with Gasteiger partial charge in [-0.2, -0.15) is 0 Å². The third-order valence-corrected chi connectivity index (χ3v) is 51.9. The molecule has 0 unspecified atom stereocenters. The molecular weight excluding hydrogens is 810 g/mol. The van der Waals surface area contributed by atoms with Crippen LogP contribution in [-0.2, 0) is 14.3 Å². The molecule has 5 heteroatoms. The Morgan fingerprint density at radius 2 is 0.755 bits per heavy atom. The molecule has 0 aromatic heterocycles. The summed E-state index contributed by atoms with van der Waals surface area (Å²) in [5, 5.41) is 0. The van der Waals surface area contributed by atoms with Gasteiger partial charge in [0.25, 0.3) is 0 Å². The Kier molecular flexibility index (Phi) is 24.1. The van der Waals surface area contributed by atoms with E-state index in [-0.39, 0.29) is 0 Å². The van der Waals surface area contributed by atoms with Gasteiger partial charge in [0.15, 0.2) is 0 Å². The summed E-state index contributed by atoms with van der Waals surface area (Å²) in [4.78, 5) is 4.97. The predicted octanol–water partition coefficient (Wildman–Crippen LogP) is 13.8. The first-order valence-corrected chi connectivity index (χ1v) is 35.7. The number of aryl methyl sites for hydroxylation is 2. The van der Waals surface area contributed by atoms with Gasteiger partial charge in [0.1, 0.15) is 0 Å². The molecule has 0 aliphatic heterocycles. The zero-order chi connectivity index (χ0) is 35.8. The van der Waals surface area contributed by atoms with E-state index in [1.54, 1.807) is 0 Å². The minimum atomic E-state index is -2.81. The topological polar surface area (TPSA) is 15.7 Å². The van der Waals surface area contributed by atoms with Gasteiger partial charge in [-0.05, 0) is 0 Å². The molecule has 0 aliphatic carbocycles. The van der Waals surface area contributed by atoms with Crippen molar-refractivity contribution in [1.29, 1.82) is 0 Å². The maximum atomic E-state index is 8.30. The Bertz CT molecular complexity index is 998. The Labute approximate surface area is 315 Å². The fourth-order valence-corrected chi connectivity index (χ4v) is 62.5. The van der Waals surface area contributed by atoms with E-state index in [1.165, 1.54) is 139 Å². The molecule has 0 bridgehead atoms. The molecule has 0 heterocycles. The van der Waals surface area contributed by atoms with Crippen molar-refractivity contribution in [2.24, 2.45) is 0 Å². The molecule has 0 N–H and O–H groups in total. The zero-order valence-electron chi connectivity index (χ0n) is 33.9. The second-order valence-corrected chi connectivity index (χ2v) is 41.5. The molecule has 2 aromatic rings. The van der Waals surface area contributed by atoms with Crippen LogP contribution in [-0.4, -0.2) is 63.8 Å². The predicted molar refractivity (Wildman–Crippen MR) is 227 cm³/mol. The van der Waals surface area contributed by atoms with Gasteiger partial charge in [-0.25, -0.2) is 0 Å². The van der Waals surface area contributed by atoms with Crippen molar-refractivity contribution in [2.45, 2.75) is 172 Å². The number of unbranched alkanes of at least 4 members (excludes halogenated alkanes) is 6. The van der Waals surface area contributed by atoms with E-state index in [2.05, 4.69) is 114 Å². The van der Waals surface area contributed by atoms with Crippen LogP contribution in [0.15, 0.2) is 48.5 Å². The monoisotopic (exact) mass is 892 g/mol. The number of benzene rings is 2. The first kappa shape index (κ1) is 44.8. The molecule has 280 valence electrons. The summed E-state index contributed by atoms with van der Waals surface area (Å²) >= 11 is -5.62. The van der Waals surface area contributed by atoms with Crippen molar-refractivity contribution in [3.63, 3.8) is 0 Å². The van der Waals surface area contributed by atoms with E-state index in [9.17, 15) is 0 Å². The van der Waals surface area contributed by atoms with Crippen molar-refractivity contribution in [3.05, 3.63) is 59.7 Å². The van der Waals surface area contributed by atoms with Gasteiger partial charge in [-0.15, -0.1) is 0 Å². The molecular formula is C44H80N2OSn2. The number of anilines is 2. The quantitative estimate of drug-likeness (QED) is 0.0574. The molecule has 49 heavy (non-hydrogen) atoms. The van der Waals surface area contributed by atoms with Crippen LogP contribution in [0.3, 0.4) is 0 Å². The molecule has 0 amide bonds. The number of hydrogen-bond donors (Lipinski definition) is 0. The van der Waals surface area contributed by atoms with Crippen LogP contribution in [0, 0.1) is 0 Å². The van der Waals surface area contributed by atoms with Gasteiger partial charge in [-0.1, -0.05) is 0 Å². The van der Waals surface area contributed by atoms with Gasteiger partial charge in [0, 0.05) is 0 Å². The van der Waals surface area contributed by atoms with E-state index in [0.29, 0.717) is 0 Å². The van der Waals surface area contributed by atoms with Crippen molar-refractivity contribution in [2.75, 3.05) is 36.0 Å². The second kappa shape index (κ2) is 26.4. The van der Waals surface area contributed by atoms with Crippen molar-refractivity contribution >= 4 is 49.0 Å². The third kappa shape index (κ3) is 16.4. The second-order valence-electron chi connectivity index (χ2n) is 15.0. The molecule has 0 spiro atoms. The fourth-order valence-electron chi connectivity index (χ4n) is 8.06. The summed E-state index contributed by atoms with van der Waals surface area (Å²) in [6, 6.07) is 18.8. The van der Waals surface area contributed by atoms with E-state index in [4.69, 9.17) is 1.41 Å². The molecule has 0 atom stereocenters. The van der Waals surface area contributed by atoms with Crippen LogP contribution in [0.2, 0.25) is 26.6 Å². The van der Waals surface area contributed by atoms with E-state index in [1.807, 2.05) is 0 Å². The van der Waals surface area contributed by atoms with Gasteiger partial charge < -0.3 is 0 Å². The van der Waals surface area contributed by atoms with Crippen molar-refractivity contribution in [1.82, 2.24) is 0 Å². The zero-order valence-corrected chi connectivity index (χ0v) is 39.6. The maximum absolute atomic E-state index is 8.30. The Balaban J connectivity index is 2.24. The molecule has 2 aromatic carbocycles. The van der Waals surface area contributed by atoms with Crippen LogP contribution in [0.4, 0.5) is 11.4 Å². The average Bonchev–Trinajstić information content (AvgIpc) is 3.13. The van der Waals surface area contributed by atoms with E-state index >= 15 is 0 Å². The fraction of sp³-hybridized carbons (Fsp3) is 0.727. The first-order valence-electron chi connectivity index (χ1n) is 21.2.